The van der Waals surface area contributed by atoms with Crippen molar-refractivity contribution in [2.45, 2.75) is 32.7 Å². The number of hydrogen-bond acceptors (Lipinski definition) is 5. The maximum atomic E-state index is 5.08. The van der Waals surface area contributed by atoms with Crippen molar-refractivity contribution in [3.05, 3.63) is 18.0 Å². The molecule has 2 heterocycles. The van der Waals surface area contributed by atoms with Gasteiger partial charge in [0.05, 0.1) is 5.69 Å². The van der Waals surface area contributed by atoms with E-state index in [-0.39, 0.29) is 0 Å². The molecule has 1 aromatic rings. The second kappa shape index (κ2) is 11.0. The van der Waals surface area contributed by atoms with Gasteiger partial charge in [-0.2, -0.15) is 0 Å². The fourth-order valence-corrected chi connectivity index (χ4v) is 2.81. The van der Waals surface area contributed by atoms with Crippen LogP contribution in [0.2, 0.25) is 0 Å². The highest BCUT2D eigenvalue weighted by Crippen LogP contribution is 2.07. The number of rotatable bonds is 9. The summed E-state index contributed by atoms with van der Waals surface area (Å²) >= 11 is 0. The SMILES string of the molecule is CCNC(=NCCCCCOC)N1CCN(Cc2ccon2)CC1. The van der Waals surface area contributed by atoms with Gasteiger partial charge in [0.1, 0.15) is 6.26 Å². The Bertz CT molecular complexity index is 456. The lowest BCUT2D eigenvalue weighted by Gasteiger charge is -2.36. The zero-order valence-electron chi connectivity index (χ0n) is 15.0. The predicted octanol–water partition coefficient (Wildman–Crippen LogP) is 1.57. The highest BCUT2D eigenvalue weighted by molar-refractivity contribution is 5.80. The Balaban J connectivity index is 1.73. The topological polar surface area (TPSA) is 66.1 Å². The van der Waals surface area contributed by atoms with E-state index >= 15 is 0 Å². The Morgan fingerprint density at radius 1 is 1.29 bits per heavy atom. The van der Waals surface area contributed by atoms with Gasteiger partial charge in [0.25, 0.3) is 0 Å². The number of nitrogens with one attached hydrogen (secondary N) is 1. The number of ether oxygens (including phenoxy) is 1. The van der Waals surface area contributed by atoms with Crippen LogP contribution in [-0.4, -0.2) is 73.9 Å². The molecule has 136 valence electrons. The maximum absolute atomic E-state index is 5.08. The van der Waals surface area contributed by atoms with Gasteiger partial charge in [-0.05, 0) is 26.2 Å². The van der Waals surface area contributed by atoms with Crippen molar-refractivity contribution >= 4 is 5.96 Å². The van der Waals surface area contributed by atoms with Crippen molar-refractivity contribution in [3.63, 3.8) is 0 Å². The minimum atomic E-state index is 0.845. The van der Waals surface area contributed by atoms with Gasteiger partial charge in [0.2, 0.25) is 0 Å². The molecular weight excluding hydrogens is 306 g/mol. The lowest BCUT2D eigenvalue weighted by atomic mass is 10.2. The summed E-state index contributed by atoms with van der Waals surface area (Å²) in [4.78, 5) is 9.54. The fourth-order valence-electron chi connectivity index (χ4n) is 2.81. The molecule has 0 aromatic carbocycles. The molecular formula is C17H31N5O2. The van der Waals surface area contributed by atoms with Gasteiger partial charge >= 0.3 is 0 Å². The van der Waals surface area contributed by atoms with Crippen LogP contribution >= 0.6 is 0 Å². The third-order valence-corrected chi connectivity index (χ3v) is 4.15. The second-order valence-electron chi connectivity index (χ2n) is 6.04. The number of aliphatic imine (C=N–C) groups is 1. The lowest BCUT2D eigenvalue weighted by molar-refractivity contribution is 0.169. The first-order valence-electron chi connectivity index (χ1n) is 8.97. The van der Waals surface area contributed by atoms with Gasteiger partial charge in [-0.25, -0.2) is 0 Å². The van der Waals surface area contributed by atoms with Gasteiger partial charge in [0.15, 0.2) is 5.96 Å². The molecule has 1 N–H and O–H groups in total. The molecule has 0 atom stereocenters. The van der Waals surface area contributed by atoms with Crippen LogP contribution in [0.5, 0.6) is 0 Å². The monoisotopic (exact) mass is 337 g/mol. The van der Waals surface area contributed by atoms with Crippen molar-refractivity contribution in [1.29, 1.82) is 0 Å². The summed E-state index contributed by atoms with van der Waals surface area (Å²) in [6.07, 6.45) is 5.03. The molecule has 2 rings (SSSR count). The van der Waals surface area contributed by atoms with E-state index in [1.54, 1.807) is 13.4 Å². The second-order valence-corrected chi connectivity index (χ2v) is 6.04. The van der Waals surface area contributed by atoms with Gasteiger partial charge in [-0.15, -0.1) is 0 Å². The standard InChI is InChI=1S/C17H31N5O2/c1-3-18-17(19-8-5-4-6-13-23-2)22-11-9-21(10-12-22)15-16-7-14-24-20-16/h7,14H,3-6,8-13,15H2,1-2H3,(H,18,19). The molecule has 0 saturated carbocycles. The van der Waals surface area contributed by atoms with E-state index in [1.807, 2.05) is 6.07 Å². The lowest BCUT2D eigenvalue weighted by Crippen LogP contribution is -2.52. The summed E-state index contributed by atoms with van der Waals surface area (Å²) < 4.78 is 9.98. The first-order chi connectivity index (χ1) is 11.8. The Morgan fingerprint density at radius 3 is 2.79 bits per heavy atom. The molecule has 0 unspecified atom stereocenters. The normalized spacial score (nSPS) is 16.6. The van der Waals surface area contributed by atoms with Crippen molar-refractivity contribution in [2.75, 3.05) is 53.0 Å². The Labute approximate surface area is 145 Å². The smallest absolute Gasteiger partial charge is 0.194 e. The predicted molar refractivity (Wildman–Crippen MR) is 95.1 cm³/mol. The number of piperazine rings is 1. The number of unbranched alkanes of at least 4 members (excludes halogenated alkanes) is 2. The van der Waals surface area contributed by atoms with E-state index in [0.29, 0.717) is 0 Å². The first kappa shape index (κ1) is 18.7. The van der Waals surface area contributed by atoms with Crippen molar-refractivity contribution < 1.29 is 9.26 Å². The minimum absolute atomic E-state index is 0.845. The van der Waals surface area contributed by atoms with Crippen molar-refractivity contribution in [1.82, 2.24) is 20.3 Å². The zero-order chi connectivity index (χ0) is 17.0. The van der Waals surface area contributed by atoms with Gasteiger partial charge < -0.3 is 19.5 Å². The molecule has 1 aliphatic heterocycles. The zero-order valence-corrected chi connectivity index (χ0v) is 15.0. The van der Waals surface area contributed by atoms with Crippen LogP contribution in [0, 0.1) is 0 Å². The molecule has 1 saturated heterocycles. The molecule has 0 radical (unpaired) electrons. The summed E-state index contributed by atoms with van der Waals surface area (Å²) in [5.41, 5.74) is 1.00. The molecule has 1 aromatic heterocycles. The molecule has 0 spiro atoms. The number of aromatic nitrogens is 1. The van der Waals surface area contributed by atoms with E-state index in [2.05, 4.69) is 27.2 Å². The fraction of sp³-hybridized carbons (Fsp3) is 0.765. The van der Waals surface area contributed by atoms with E-state index in [9.17, 15) is 0 Å². The average molecular weight is 337 g/mol. The quantitative estimate of drug-likeness (QED) is 0.419. The number of nitrogens with zero attached hydrogens (tertiary/aromatic N) is 4. The summed E-state index contributed by atoms with van der Waals surface area (Å²) in [5.74, 6) is 1.05. The van der Waals surface area contributed by atoms with Crippen LogP contribution in [-0.2, 0) is 11.3 Å². The summed E-state index contributed by atoms with van der Waals surface area (Å²) in [5, 5.41) is 7.41. The average Bonchev–Trinajstić information content (AvgIpc) is 3.11. The first-order valence-corrected chi connectivity index (χ1v) is 8.97. The molecule has 7 heteroatoms. The number of methoxy groups -OCH3 is 1. The minimum Gasteiger partial charge on any atom is -0.385 e. The maximum Gasteiger partial charge on any atom is 0.194 e. The summed E-state index contributed by atoms with van der Waals surface area (Å²) in [7, 11) is 1.75. The number of hydrogen-bond donors (Lipinski definition) is 1. The van der Waals surface area contributed by atoms with Gasteiger partial charge in [0, 0.05) is 65.6 Å². The van der Waals surface area contributed by atoms with Gasteiger partial charge in [-0.3, -0.25) is 9.89 Å². The third-order valence-electron chi connectivity index (χ3n) is 4.15. The Hall–Kier alpha value is -1.60. The molecule has 0 amide bonds. The van der Waals surface area contributed by atoms with Crippen LogP contribution in [0.1, 0.15) is 31.9 Å². The highest BCUT2D eigenvalue weighted by atomic mass is 16.5. The summed E-state index contributed by atoms with van der Waals surface area (Å²) in [6.45, 7) is 9.63. The molecule has 1 aliphatic rings. The molecule has 1 fully saturated rings. The third kappa shape index (κ3) is 6.49. The highest BCUT2D eigenvalue weighted by Gasteiger charge is 2.20. The molecule has 24 heavy (non-hydrogen) atoms. The van der Waals surface area contributed by atoms with Crippen molar-refractivity contribution in [3.8, 4) is 0 Å². The van der Waals surface area contributed by atoms with Crippen LogP contribution in [0.4, 0.5) is 0 Å². The van der Waals surface area contributed by atoms with Crippen LogP contribution < -0.4 is 5.32 Å². The van der Waals surface area contributed by atoms with E-state index in [4.69, 9.17) is 14.3 Å². The van der Waals surface area contributed by atoms with Crippen LogP contribution in [0.25, 0.3) is 0 Å². The Morgan fingerprint density at radius 2 is 2.12 bits per heavy atom. The molecule has 7 nitrogen and oxygen atoms in total. The van der Waals surface area contributed by atoms with Gasteiger partial charge in [-0.1, -0.05) is 5.16 Å². The Kier molecular flexibility index (Phi) is 8.62. The molecule has 0 bridgehead atoms. The van der Waals surface area contributed by atoms with Crippen LogP contribution in [0.15, 0.2) is 21.8 Å². The van der Waals surface area contributed by atoms with E-state index in [1.165, 1.54) is 6.42 Å². The molecule has 0 aliphatic carbocycles. The number of guanidine groups is 1. The van der Waals surface area contributed by atoms with E-state index in [0.717, 1.165) is 76.9 Å². The van der Waals surface area contributed by atoms with Crippen molar-refractivity contribution in [2.24, 2.45) is 4.99 Å². The summed E-state index contributed by atoms with van der Waals surface area (Å²) in [6, 6.07) is 1.93. The van der Waals surface area contributed by atoms with Crippen LogP contribution in [0.3, 0.4) is 0 Å². The van der Waals surface area contributed by atoms with E-state index < -0.39 is 0 Å². The largest absolute Gasteiger partial charge is 0.385 e.